The number of carbonyl (C=O) groups is 1. The van der Waals surface area contributed by atoms with Crippen molar-refractivity contribution in [3.05, 3.63) is 86.6 Å². The molecule has 0 amide bonds. The van der Waals surface area contributed by atoms with Crippen LogP contribution in [-0.2, 0) is 24.8 Å². The van der Waals surface area contributed by atoms with Crippen molar-refractivity contribution in [2.75, 3.05) is 11.9 Å². The number of hydrogen-bond donors (Lipinski definition) is 4. The van der Waals surface area contributed by atoms with Gasteiger partial charge in [0.2, 0.25) is 5.95 Å². The van der Waals surface area contributed by atoms with E-state index in [1.54, 1.807) is 18.2 Å². The van der Waals surface area contributed by atoms with E-state index in [4.69, 9.17) is 4.74 Å². The van der Waals surface area contributed by atoms with Crippen LogP contribution in [0, 0.1) is 6.92 Å². The van der Waals surface area contributed by atoms with E-state index >= 15 is 0 Å². The molecule has 188 valence electrons. The van der Waals surface area contributed by atoms with E-state index in [0.717, 1.165) is 15.7 Å². The third-order valence-corrected chi connectivity index (χ3v) is 5.72. The molecule has 0 aliphatic rings. The number of nitrogens with one attached hydrogen (secondary N) is 2. The maximum absolute atomic E-state index is 12.7. The Kier molecular flexibility index (Phi) is 7.20. The summed E-state index contributed by atoms with van der Waals surface area (Å²) in [5.41, 5.74) is 0.512. The minimum atomic E-state index is -1.12. The summed E-state index contributed by atoms with van der Waals surface area (Å²) in [5.74, 6) is -0.504. The van der Waals surface area contributed by atoms with E-state index in [-0.39, 0.29) is 36.7 Å². The van der Waals surface area contributed by atoms with Crippen molar-refractivity contribution >= 4 is 23.1 Å². The van der Waals surface area contributed by atoms with E-state index < -0.39 is 29.4 Å². The molecule has 11 nitrogen and oxygen atoms in total. The number of hydrogen-bond acceptors (Lipinski definition) is 7. The van der Waals surface area contributed by atoms with Gasteiger partial charge in [-0.05, 0) is 30.2 Å². The summed E-state index contributed by atoms with van der Waals surface area (Å²) in [5, 5.41) is 23.4. The summed E-state index contributed by atoms with van der Waals surface area (Å²) in [6.45, 7) is 1.70. The zero-order valence-electron chi connectivity index (χ0n) is 19.8. The quantitative estimate of drug-likeness (QED) is 0.258. The van der Waals surface area contributed by atoms with Gasteiger partial charge in [-0.1, -0.05) is 42.5 Å². The molecule has 0 saturated carbocycles. The van der Waals surface area contributed by atoms with Gasteiger partial charge in [-0.25, -0.2) is 9.59 Å². The van der Waals surface area contributed by atoms with E-state index in [9.17, 15) is 24.6 Å². The number of anilines is 1. The molecule has 2 heterocycles. The molecule has 36 heavy (non-hydrogen) atoms. The Morgan fingerprint density at radius 3 is 2.61 bits per heavy atom. The number of aryl methyl sites for hydroxylation is 2. The number of imidazole rings is 1. The standard InChI is InChI=1S/C25H27N5O6/c1-15-7-6-10-18(11-15)36-14-17(31)13-30-20-21(29(2)25(35)28-22(20)32)27-24(30)26-19(23(33)34)12-16-8-4-3-5-9-16/h3-11,17,19,31H,12-14H2,1-2H3,(H,26,27)(H,33,34)(H,28,32,35)/t17-,19-/m1/s1. The first kappa shape index (κ1) is 24.7. The number of fused-ring (bicyclic) bond motifs is 1. The van der Waals surface area contributed by atoms with Crippen LogP contribution in [-0.4, -0.2) is 54.0 Å². The van der Waals surface area contributed by atoms with Crippen LogP contribution in [0.15, 0.2) is 64.2 Å². The molecule has 0 bridgehead atoms. The number of rotatable bonds is 10. The molecule has 11 heteroatoms. The number of aromatic amines is 1. The van der Waals surface area contributed by atoms with Gasteiger partial charge >= 0.3 is 11.7 Å². The Labute approximate surface area is 205 Å². The first-order valence-electron chi connectivity index (χ1n) is 11.3. The number of carboxylic acid groups (broad SMARTS) is 1. The normalized spacial score (nSPS) is 12.9. The lowest BCUT2D eigenvalue weighted by Crippen LogP contribution is -2.34. The molecule has 4 aromatic rings. The van der Waals surface area contributed by atoms with Gasteiger partial charge in [0, 0.05) is 13.5 Å². The van der Waals surface area contributed by atoms with Gasteiger partial charge in [0.25, 0.3) is 5.56 Å². The number of H-pyrrole nitrogens is 1. The summed E-state index contributed by atoms with van der Waals surface area (Å²) in [6, 6.07) is 15.3. The minimum absolute atomic E-state index is 0.0260. The van der Waals surface area contributed by atoms with Crippen molar-refractivity contribution in [1.29, 1.82) is 0 Å². The van der Waals surface area contributed by atoms with Crippen molar-refractivity contribution in [2.45, 2.75) is 32.0 Å². The van der Waals surface area contributed by atoms with Crippen molar-refractivity contribution in [3.8, 4) is 5.75 Å². The van der Waals surface area contributed by atoms with E-state index in [1.807, 2.05) is 43.3 Å². The predicted molar refractivity (Wildman–Crippen MR) is 133 cm³/mol. The first-order chi connectivity index (χ1) is 17.2. The molecule has 0 fully saturated rings. The maximum Gasteiger partial charge on any atom is 0.329 e. The fourth-order valence-corrected chi connectivity index (χ4v) is 3.89. The SMILES string of the molecule is Cc1cccc(OC[C@H](O)Cn2c(N[C@H](Cc3ccccc3)C(=O)O)nc3c2c(=O)[nH]c(=O)n3C)c1. The van der Waals surface area contributed by atoms with E-state index in [0.29, 0.717) is 5.75 Å². The third kappa shape index (κ3) is 5.47. The monoisotopic (exact) mass is 493 g/mol. The Bertz CT molecular complexity index is 1490. The maximum atomic E-state index is 12.7. The molecule has 4 rings (SSSR count). The van der Waals surface area contributed by atoms with Gasteiger partial charge in [-0.15, -0.1) is 0 Å². The number of nitrogens with zero attached hydrogens (tertiary/aromatic N) is 3. The van der Waals surface area contributed by atoms with Gasteiger partial charge in [-0.3, -0.25) is 14.3 Å². The van der Waals surface area contributed by atoms with Gasteiger partial charge in [0.1, 0.15) is 24.5 Å². The van der Waals surface area contributed by atoms with Crippen LogP contribution in [0.4, 0.5) is 5.95 Å². The Morgan fingerprint density at radius 1 is 1.17 bits per heavy atom. The number of aliphatic carboxylic acids is 1. The average molecular weight is 494 g/mol. The van der Waals surface area contributed by atoms with Crippen LogP contribution in [0.1, 0.15) is 11.1 Å². The van der Waals surface area contributed by atoms with Gasteiger partial charge in [0.05, 0.1) is 6.54 Å². The molecular formula is C25H27N5O6. The summed E-state index contributed by atoms with van der Waals surface area (Å²) in [4.78, 5) is 43.5. The highest BCUT2D eigenvalue weighted by Gasteiger charge is 2.25. The molecule has 0 radical (unpaired) electrons. The second-order valence-corrected chi connectivity index (χ2v) is 8.54. The Hall–Kier alpha value is -4.38. The number of aliphatic hydroxyl groups is 1. The highest BCUT2D eigenvalue weighted by Crippen LogP contribution is 2.19. The number of carboxylic acids is 1. The zero-order chi connectivity index (χ0) is 25.8. The fourth-order valence-electron chi connectivity index (χ4n) is 3.89. The Morgan fingerprint density at radius 2 is 1.92 bits per heavy atom. The predicted octanol–water partition coefficient (Wildman–Crippen LogP) is 1.28. The van der Waals surface area contributed by atoms with Crippen LogP contribution in [0.2, 0.25) is 0 Å². The molecule has 4 N–H and O–H groups in total. The van der Waals surface area contributed by atoms with Crippen molar-refractivity contribution in [3.63, 3.8) is 0 Å². The molecule has 0 saturated heterocycles. The number of ether oxygens (including phenoxy) is 1. The van der Waals surface area contributed by atoms with Crippen molar-refractivity contribution in [2.24, 2.45) is 7.05 Å². The number of aliphatic hydroxyl groups excluding tert-OH is 1. The van der Waals surface area contributed by atoms with Crippen molar-refractivity contribution in [1.82, 2.24) is 19.1 Å². The Balaban J connectivity index is 1.66. The second-order valence-electron chi connectivity index (χ2n) is 8.54. The fraction of sp³-hybridized carbons (Fsp3) is 0.280. The molecule has 0 aliphatic heterocycles. The lowest BCUT2D eigenvalue weighted by molar-refractivity contribution is -0.137. The van der Waals surface area contributed by atoms with Crippen molar-refractivity contribution < 1.29 is 19.7 Å². The second kappa shape index (κ2) is 10.5. The van der Waals surface area contributed by atoms with Crippen LogP contribution < -0.4 is 21.3 Å². The van der Waals surface area contributed by atoms with Crippen LogP contribution in [0.5, 0.6) is 5.75 Å². The molecule has 2 aromatic carbocycles. The largest absolute Gasteiger partial charge is 0.491 e. The summed E-state index contributed by atoms with van der Waals surface area (Å²) in [7, 11) is 1.44. The van der Waals surface area contributed by atoms with Crippen LogP contribution in [0.25, 0.3) is 11.2 Å². The summed E-state index contributed by atoms with van der Waals surface area (Å²) in [6.07, 6.45) is -0.925. The molecule has 2 aromatic heterocycles. The molecule has 0 spiro atoms. The summed E-state index contributed by atoms with van der Waals surface area (Å²) < 4.78 is 8.21. The van der Waals surface area contributed by atoms with Crippen LogP contribution >= 0.6 is 0 Å². The smallest absolute Gasteiger partial charge is 0.329 e. The van der Waals surface area contributed by atoms with Crippen LogP contribution in [0.3, 0.4) is 0 Å². The molecular weight excluding hydrogens is 466 g/mol. The number of benzene rings is 2. The van der Waals surface area contributed by atoms with E-state index in [2.05, 4.69) is 15.3 Å². The topological polar surface area (TPSA) is 151 Å². The van der Waals surface area contributed by atoms with E-state index in [1.165, 1.54) is 11.6 Å². The first-order valence-corrected chi connectivity index (χ1v) is 11.3. The summed E-state index contributed by atoms with van der Waals surface area (Å²) >= 11 is 0. The lowest BCUT2D eigenvalue weighted by Gasteiger charge is -2.19. The minimum Gasteiger partial charge on any atom is -0.491 e. The number of aromatic nitrogens is 4. The van der Waals surface area contributed by atoms with Gasteiger partial charge in [-0.2, -0.15) is 4.98 Å². The molecule has 0 unspecified atom stereocenters. The average Bonchev–Trinajstić information content (AvgIpc) is 3.20. The third-order valence-electron chi connectivity index (χ3n) is 5.72. The zero-order valence-corrected chi connectivity index (χ0v) is 19.8. The molecule has 0 aliphatic carbocycles. The highest BCUT2D eigenvalue weighted by molar-refractivity contribution is 5.79. The lowest BCUT2D eigenvalue weighted by atomic mass is 10.1. The van der Waals surface area contributed by atoms with Gasteiger partial charge in [0.15, 0.2) is 11.2 Å². The highest BCUT2D eigenvalue weighted by atomic mass is 16.5. The van der Waals surface area contributed by atoms with Gasteiger partial charge < -0.3 is 24.8 Å². The molecule has 2 atom stereocenters.